The molecule has 0 bridgehead atoms. The molecule has 0 aliphatic carbocycles. The van der Waals surface area contributed by atoms with Crippen LogP contribution in [0.2, 0.25) is 0 Å². The highest BCUT2D eigenvalue weighted by molar-refractivity contribution is 8.13. The zero-order valence-electron chi connectivity index (χ0n) is 36.3. The molecule has 0 aromatic heterocycles. The van der Waals surface area contributed by atoms with E-state index in [9.17, 15) is 18.0 Å². The Morgan fingerprint density at radius 3 is 1.20 bits per heavy atom. The summed E-state index contributed by atoms with van der Waals surface area (Å²) >= 11 is 0. The van der Waals surface area contributed by atoms with Gasteiger partial charge in [-0.1, -0.05) is 121 Å². The second-order valence-electron chi connectivity index (χ2n) is 17.5. The van der Waals surface area contributed by atoms with Crippen LogP contribution in [0.25, 0.3) is 0 Å². The Labute approximate surface area is 342 Å². The zero-order valence-corrected chi connectivity index (χ0v) is 37.9. The summed E-state index contributed by atoms with van der Waals surface area (Å²) in [7, 11) is 1.49. The summed E-state index contributed by atoms with van der Waals surface area (Å²) in [5.74, 6) is 0.101. The number of nitrogens with one attached hydrogen (secondary N) is 2. The average molecular weight is 812 g/mol. The highest BCUT2D eigenvalue weighted by atomic mass is 35.7. The van der Waals surface area contributed by atoms with Crippen molar-refractivity contribution in [2.45, 2.75) is 174 Å². The number of carbonyl (C=O) groups excluding carboxylic acids is 2. The van der Waals surface area contributed by atoms with Crippen LogP contribution in [0.4, 0.5) is 0 Å². The van der Waals surface area contributed by atoms with Crippen molar-refractivity contribution in [2.24, 2.45) is 0 Å². The third kappa shape index (κ3) is 11.3. The lowest BCUT2D eigenvalue weighted by atomic mass is 9.76. The first-order valence-electron chi connectivity index (χ1n) is 20.2. The van der Waals surface area contributed by atoms with Crippen LogP contribution in [0.1, 0.15) is 178 Å². The normalized spacial score (nSPS) is 13.8. The Bertz CT molecular complexity index is 1850. The van der Waals surface area contributed by atoms with Crippen molar-refractivity contribution < 1.29 is 27.5 Å². The van der Waals surface area contributed by atoms with Crippen molar-refractivity contribution in [1.29, 1.82) is 0 Å². The van der Waals surface area contributed by atoms with Crippen molar-refractivity contribution >= 4 is 31.5 Å². The van der Waals surface area contributed by atoms with E-state index in [0.29, 0.717) is 24.3 Å². The molecule has 2 unspecified atom stereocenters. The Balaban J connectivity index is 1.95. The van der Waals surface area contributed by atoms with Gasteiger partial charge in [0.1, 0.15) is 11.5 Å². The molecule has 0 aliphatic rings. The maximum atomic E-state index is 13.8. The van der Waals surface area contributed by atoms with Crippen LogP contribution >= 0.6 is 10.7 Å². The molecule has 3 rings (SSSR count). The minimum atomic E-state index is -4.32. The molecular weight excluding hydrogens is 744 g/mol. The number of rotatable bonds is 19. The number of ether oxygens (including phenoxy) is 2. The van der Waals surface area contributed by atoms with Gasteiger partial charge in [0, 0.05) is 45.8 Å². The summed E-state index contributed by atoms with van der Waals surface area (Å²) in [6.45, 7) is 29.9. The predicted molar refractivity (Wildman–Crippen MR) is 230 cm³/mol. The predicted octanol–water partition coefficient (Wildman–Crippen LogP) is 11.5. The first-order valence-corrected chi connectivity index (χ1v) is 22.5. The smallest absolute Gasteiger partial charge is 0.261 e. The molecule has 0 spiro atoms. The fourth-order valence-corrected chi connectivity index (χ4v) is 6.95. The molecular formula is C46H67ClN2O6S. The summed E-state index contributed by atoms with van der Waals surface area (Å²) < 4.78 is 38.2. The fraction of sp³-hybridized carbons (Fsp3) is 0.565. The van der Waals surface area contributed by atoms with Crippen molar-refractivity contribution in [1.82, 2.24) is 10.6 Å². The molecule has 2 N–H and O–H groups in total. The van der Waals surface area contributed by atoms with Crippen LogP contribution in [0.3, 0.4) is 0 Å². The molecule has 0 fully saturated rings. The molecule has 310 valence electrons. The molecule has 56 heavy (non-hydrogen) atoms. The second-order valence-corrected chi connectivity index (χ2v) is 20.1. The number of amides is 2. The number of halogens is 1. The standard InChI is InChI=1S/C46H67ClN2O6S/c1-15-39(54-37-23-21-32(43(7,8)17-3)28-35(37)45(11,12)19-5)48-41(50)30-25-31(27-34(26-30)56(47,52)53)42(51)49-40(16-2)55-38-24-22-33(44(9,10)18-4)29-36(38)46(13,14)20-6/h21-29,39-40H,15-20H2,1-14H3,(H,48,50)(H,49,51). The number of hydrogen-bond donors (Lipinski definition) is 2. The van der Waals surface area contributed by atoms with E-state index >= 15 is 0 Å². The van der Waals surface area contributed by atoms with Crippen molar-refractivity contribution in [3.8, 4) is 11.5 Å². The largest absolute Gasteiger partial charge is 0.470 e. The van der Waals surface area contributed by atoms with Gasteiger partial charge in [0.05, 0.1) is 4.90 Å². The van der Waals surface area contributed by atoms with E-state index in [2.05, 4.69) is 118 Å². The van der Waals surface area contributed by atoms with E-state index in [1.807, 2.05) is 26.0 Å². The van der Waals surface area contributed by atoms with Crippen molar-refractivity contribution in [3.63, 3.8) is 0 Å². The van der Waals surface area contributed by atoms with E-state index in [0.717, 1.165) is 36.8 Å². The van der Waals surface area contributed by atoms with Gasteiger partial charge in [-0.25, -0.2) is 8.42 Å². The van der Waals surface area contributed by atoms with E-state index < -0.39 is 33.3 Å². The first kappa shape index (κ1) is 46.8. The second kappa shape index (κ2) is 18.4. The molecule has 2 amide bonds. The summed E-state index contributed by atoms with van der Waals surface area (Å²) in [5.41, 5.74) is 3.94. The summed E-state index contributed by atoms with van der Waals surface area (Å²) in [6, 6.07) is 16.2. The summed E-state index contributed by atoms with van der Waals surface area (Å²) in [5, 5.41) is 5.81. The highest BCUT2D eigenvalue weighted by Gasteiger charge is 2.30. The van der Waals surface area contributed by atoms with Crippen LogP contribution in [-0.2, 0) is 30.7 Å². The first-order chi connectivity index (χ1) is 25.9. The Morgan fingerprint density at radius 1 is 0.571 bits per heavy atom. The van der Waals surface area contributed by atoms with Gasteiger partial charge in [0.25, 0.3) is 20.9 Å². The van der Waals surface area contributed by atoms with Crippen molar-refractivity contribution in [2.75, 3.05) is 0 Å². The molecule has 0 radical (unpaired) electrons. The van der Waals surface area contributed by atoms with E-state index in [-0.39, 0.29) is 37.7 Å². The third-order valence-electron chi connectivity index (χ3n) is 12.1. The molecule has 0 heterocycles. The van der Waals surface area contributed by atoms with Gasteiger partial charge in [-0.3, -0.25) is 9.59 Å². The Morgan fingerprint density at radius 2 is 0.911 bits per heavy atom. The van der Waals surface area contributed by atoms with Crippen molar-refractivity contribution in [3.05, 3.63) is 88.0 Å². The Hall–Kier alpha value is -3.56. The lowest BCUT2D eigenvalue weighted by molar-refractivity contribution is 0.0816. The number of hydrogen-bond acceptors (Lipinski definition) is 6. The minimum absolute atomic E-state index is 0.0251. The van der Waals surface area contributed by atoms with Gasteiger partial charge < -0.3 is 20.1 Å². The van der Waals surface area contributed by atoms with Gasteiger partial charge in [-0.2, -0.15) is 0 Å². The molecule has 3 aromatic rings. The van der Waals surface area contributed by atoms with E-state index in [1.165, 1.54) is 29.3 Å². The third-order valence-corrected chi connectivity index (χ3v) is 13.4. The van der Waals surface area contributed by atoms with Crippen LogP contribution in [0.5, 0.6) is 11.5 Å². The fourth-order valence-electron chi connectivity index (χ4n) is 6.15. The summed E-state index contributed by atoms with van der Waals surface area (Å²) in [6.07, 6.45) is 3.03. The van der Waals surface area contributed by atoms with Crippen LogP contribution in [0, 0.1) is 0 Å². The van der Waals surface area contributed by atoms with Crippen LogP contribution in [-0.4, -0.2) is 32.7 Å². The average Bonchev–Trinajstić information content (AvgIpc) is 3.16. The lowest BCUT2D eigenvalue weighted by Gasteiger charge is -2.31. The monoisotopic (exact) mass is 810 g/mol. The summed E-state index contributed by atoms with van der Waals surface area (Å²) in [4.78, 5) is 27.3. The molecule has 3 aromatic carbocycles. The maximum Gasteiger partial charge on any atom is 0.261 e. The topological polar surface area (TPSA) is 111 Å². The van der Waals surface area contributed by atoms with Gasteiger partial charge >= 0.3 is 0 Å². The molecule has 10 heteroatoms. The quantitative estimate of drug-likeness (QED) is 0.0921. The van der Waals surface area contributed by atoms with Crippen LogP contribution in [0.15, 0.2) is 59.5 Å². The van der Waals surface area contributed by atoms with Gasteiger partial charge in [0.15, 0.2) is 12.5 Å². The van der Waals surface area contributed by atoms with Crippen LogP contribution < -0.4 is 20.1 Å². The van der Waals surface area contributed by atoms with Gasteiger partial charge in [0.2, 0.25) is 0 Å². The minimum Gasteiger partial charge on any atom is -0.470 e. The molecule has 0 saturated heterocycles. The lowest BCUT2D eigenvalue weighted by Crippen LogP contribution is -2.40. The molecule has 2 atom stereocenters. The molecule has 8 nitrogen and oxygen atoms in total. The number of benzene rings is 3. The molecule has 0 aliphatic heterocycles. The zero-order chi connectivity index (χ0) is 42.4. The van der Waals surface area contributed by atoms with E-state index in [4.69, 9.17) is 20.2 Å². The molecule has 0 saturated carbocycles. The van der Waals surface area contributed by atoms with E-state index in [1.54, 1.807) is 0 Å². The van der Waals surface area contributed by atoms with Gasteiger partial charge in [-0.05, 0) is 88.8 Å². The SMILES string of the molecule is CCC(NC(=O)c1cc(C(=O)NC(CC)Oc2ccc(C(C)(C)CC)cc2C(C)(C)CC)cc(S(=O)(=O)Cl)c1)Oc1ccc(C(C)(C)CC)cc1C(C)(C)CC. The number of carbonyl (C=O) groups is 2. The maximum absolute atomic E-state index is 13.8. The van der Waals surface area contributed by atoms with Gasteiger partial charge in [-0.15, -0.1) is 0 Å². The Kier molecular flexibility index (Phi) is 15.3. The highest BCUT2D eigenvalue weighted by Crippen LogP contribution is 2.40.